The fraction of sp³-hybridized carbons (Fsp3) is 0.562. The van der Waals surface area contributed by atoms with Gasteiger partial charge in [0.25, 0.3) is 0 Å². The Morgan fingerprint density at radius 3 is 2.23 bits per heavy atom. The van der Waals surface area contributed by atoms with Crippen molar-refractivity contribution in [3.8, 4) is 0 Å². The van der Waals surface area contributed by atoms with E-state index in [0.29, 0.717) is 0 Å². The van der Waals surface area contributed by atoms with Gasteiger partial charge in [0, 0.05) is 26.6 Å². The second-order valence-corrected chi connectivity index (χ2v) is 8.32. The molecule has 0 unspecified atom stereocenters. The van der Waals surface area contributed by atoms with Crippen LogP contribution in [0.25, 0.3) is 0 Å². The highest BCUT2D eigenvalue weighted by Gasteiger charge is 2.16. The van der Waals surface area contributed by atoms with E-state index in [0.717, 1.165) is 10.7 Å². The molecular weight excluding hydrogens is 300 g/mol. The summed E-state index contributed by atoms with van der Waals surface area (Å²) >= 11 is 0. The third-order valence-electron chi connectivity index (χ3n) is 3.37. The molecule has 1 aromatic carbocycles. The summed E-state index contributed by atoms with van der Waals surface area (Å²) in [6.07, 6.45) is 0.715. The molecule has 0 heterocycles. The summed E-state index contributed by atoms with van der Waals surface area (Å²) in [7, 11) is -0.390. The first-order valence-electron chi connectivity index (χ1n) is 7.37. The molecule has 1 aromatic rings. The Morgan fingerprint density at radius 1 is 1.18 bits per heavy atom. The van der Waals surface area contributed by atoms with Crippen LogP contribution in [-0.4, -0.2) is 44.5 Å². The Bertz CT molecular complexity index is 604. The smallest absolute Gasteiger partial charge is 0.221 e. The minimum atomic E-state index is -3.33. The molecule has 0 saturated carbocycles. The van der Waals surface area contributed by atoms with Crippen LogP contribution in [0.3, 0.4) is 0 Å². The molecule has 0 fully saturated rings. The van der Waals surface area contributed by atoms with Crippen molar-refractivity contribution in [1.82, 2.24) is 9.62 Å². The molecule has 22 heavy (non-hydrogen) atoms. The van der Waals surface area contributed by atoms with Gasteiger partial charge in [-0.3, -0.25) is 4.79 Å². The first-order chi connectivity index (χ1) is 10.1. The summed E-state index contributed by atoms with van der Waals surface area (Å²) < 4.78 is 24.4. The molecule has 0 aliphatic carbocycles. The van der Waals surface area contributed by atoms with E-state index < -0.39 is 10.0 Å². The molecule has 1 rings (SSSR count). The van der Waals surface area contributed by atoms with Crippen molar-refractivity contribution in [2.75, 3.05) is 19.8 Å². The zero-order valence-electron chi connectivity index (χ0n) is 14.0. The van der Waals surface area contributed by atoms with Crippen molar-refractivity contribution in [2.24, 2.45) is 0 Å². The number of amides is 1. The van der Waals surface area contributed by atoms with Crippen molar-refractivity contribution >= 4 is 15.9 Å². The van der Waals surface area contributed by atoms with Crippen LogP contribution in [-0.2, 0) is 21.2 Å². The van der Waals surface area contributed by atoms with Gasteiger partial charge < -0.3 is 5.32 Å². The highest BCUT2D eigenvalue weighted by Crippen LogP contribution is 2.11. The summed E-state index contributed by atoms with van der Waals surface area (Å²) in [4.78, 5) is 11.9. The second kappa shape index (κ2) is 7.74. The van der Waals surface area contributed by atoms with Crippen LogP contribution in [0.4, 0.5) is 0 Å². The van der Waals surface area contributed by atoms with Crippen molar-refractivity contribution in [2.45, 2.75) is 39.7 Å². The molecule has 5 nitrogen and oxygen atoms in total. The van der Waals surface area contributed by atoms with Gasteiger partial charge in [0.05, 0.1) is 5.75 Å². The summed E-state index contributed by atoms with van der Waals surface area (Å²) in [6, 6.07) is 6.28. The predicted octanol–water partition coefficient (Wildman–Crippen LogP) is 1.63. The van der Waals surface area contributed by atoms with E-state index in [1.165, 1.54) is 30.8 Å². The lowest BCUT2D eigenvalue weighted by atomic mass is 10.0. The number of nitrogens with zero attached hydrogens (tertiary/aromatic N) is 1. The summed E-state index contributed by atoms with van der Waals surface area (Å²) in [5, 5.41) is 2.86. The van der Waals surface area contributed by atoms with Crippen LogP contribution in [0.15, 0.2) is 18.2 Å². The molecule has 0 bridgehead atoms. The molecular formula is C16H26N2O3S. The molecule has 1 atom stereocenters. The van der Waals surface area contributed by atoms with Gasteiger partial charge in [-0.05, 0) is 32.8 Å². The van der Waals surface area contributed by atoms with Gasteiger partial charge in [0.15, 0.2) is 0 Å². The van der Waals surface area contributed by atoms with Crippen LogP contribution in [0.2, 0.25) is 0 Å². The lowest BCUT2D eigenvalue weighted by molar-refractivity contribution is -0.121. The van der Waals surface area contributed by atoms with E-state index in [1.807, 2.05) is 20.8 Å². The van der Waals surface area contributed by atoms with Crippen molar-refractivity contribution in [3.05, 3.63) is 34.9 Å². The highest BCUT2D eigenvalue weighted by atomic mass is 32.2. The third kappa shape index (κ3) is 6.15. The fourth-order valence-electron chi connectivity index (χ4n) is 2.34. The average molecular weight is 326 g/mol. The lowest BCUT2D eigenvalue weighted by Gasteiger charge is -2.16. The van der Waals surface area contributed by atoms with E-state index in [4.69, 9.17) is 0 Å². The molecule has 0 aliphatic rings. The van der Waals surface area contributed by atoms with Crippen molar-refractivity contribution in [3.63, 3.8) is 0 Å². The monoisotopic (exact) mass is 326 g/mol. The molecule has 0 saturated heterocycles. The normalized spacial score (nSPS) is 13.2. The number of carbonyl (C=O) groups is 1. The van der Waals surface area contributed by atoms with Crippen LogP contribution in [0.5, 0.6) is 0 Å². The van der Waals surface area contributed by atoms with Crippen LogP contribution >= 0.6 is 0 Å². The number of nitrogens with one attached hydrogen (secondary N) is 1. The zero-order chi connectivity index (χ0) is 16.9. The van der Waals surface area contributed by atoms with Gasteiger partial charge in [-0.25, -0.2) is 12.7 Å². The van der Waals surface area contributed by atoms with Gasteiger partial charge in [-0.15, -0.1) is 0 Å². The molecule has 6 heteroatoms. The van der Waals surface area contributed by atoms with Crippen LogP contribution < -0.4 is 5.32 Å². The SMILES string of the molecule is Cc1cc(C)cc(C[C@@H](C)NC(=O)CCS(=O)(=O)N(C)C)c1. The Kier molecular flexibility index (Phi) is 6.56. The number of carbonyl (C=O) groups excluding carboxylic acids is 1. The molecule has 0 aliphatic heterocycles. The van der Waals surface area contributed by atoms with Crippen LogP contribution in [0, 0.1) is 13.8 Å². The van der Waals surface area contributed by atoms with Gasteiger partial charge in [0.2, 0.25) is 15.9 Å². The molecule has 1 amide bonds. The zero-order valence-corrected chi connectivity index (χ0v) is 14.8. The average Bonchev–Trinajstić information content (AvgIpc) is 2.34. The lowest BCUT2D eigenvalue weighted by Crippen LogP contribution is -2.36. The maximum atomic E-state index is 11.9. The van der Waals surface area contributed by atoms with E-state index in [1.54, 1.807) is 0 Å². The number of benzene rings is 1. The largest absolute Gasteiger partial charge is 0.353 e. The number of hydrogen-bond donors (Lipinski definition) is 1. The van der Waals surface area contributed by atoms with E-state index in [-0.39, 0.29) is 24.1 Å². The van der Waals surface area contributed by atoms with Gasteiger partial charge in [-0.2, -0.15) is 0 Å². The predicted molar refractivity (Wildman–Crippen MR) is 89.3 cm³/mol. The van der Waals surface area contributed by atoms with E-state index in [2.05, 4.69) is 23.5 Å². The molecule has 0 radical (unpaired) electrons. The topological polar surface area (TPSA) is 66.5 Å². The van der Waals surface area contributed by atoms with Gasteiger partial charge in [-0.1, -0.05) is 29.3 Å². The second-order valence-electron chi connectivity index (χ2n) is 6.02. The van der Waals surface area contributed by atoms with Crippen LogP contribution in [0.1, 0.15) is 30.0 Å². The van der Waals surface area contributed by atoms with E-state index in [9.17, 15) is 13.2 Å². The molecule has 0 spiro atoms. The summed E-state index contributed by atoms with van der Waals surface area (Å²) in [5.74, 6) is -0.399. The number of sulfonamides is 1. The number of hydrogen-bond acceptors (Lipinski definition) is 3. The third-order valence-corrected chi connectivity index (χ3v) is 5.21. The van der Waals surface area contributed by atoms with Gasteiger partial charge in [0.1, 0.15) is 0 Å². The minimum absolute atomic E-state index is 0.0162. The summed E-state index contributed by atoms with van der Waals surface area (Å²) in [5.41, 5.74) is 3.57. The fourth-order valence-corrected chi connectivity index (χ4v) is 3.15. The quantitative estimate of drug-likeness (QED) is 0.828. The minimum Gasteiger partial charge on any atom is -0.353 e. The molecule has 124 valence electrons. The Balaban J connectivity index is 2.51. The Hall–Kier alpha value is -1.40. The molecule has 1 N–H and O–H groups in total. The van der Waals surface area contributed by atoms with Gasteiger partial charge >= 0.3 is 0 Å². The summed E-state index contributed by atoms with van der Waals surface area (Å²) in [6.45, 7) is 6.02. The highest BCUT2D eigenvalue weighted by molar-refractivity contribution is 7.89. The van der Waals surface area contributed by atoms with Crippen molar-refractivity contribution < 1.29 is 13.2 Å². The maximum absolute atomic E-state index is 11.9. The van der Waals surface area contributed by atoms with Crippen molar-refractivity contribution in [1.29, 1.82) is 0 Å². The standard InChI is InChI=1S/C16H26N2O3S/c1-12-8-13(2)10-15(9-12)11-14(3)17-16(19)6-7-22(20,21)18(4)5/h8-10,14H,6-7,11H2,1-5H3,(H,17,19)/t14-/m1/s1. The maximum Gasteiger partial charge on any atom is 0.221 e. The van der Waals surface area contributed by atoms with E-state index >= 15 is 0 Å². The first-order valence-corrected chi connectivity index (χ1v) is 8.98. The number of aryl methyl sites for hydroxylation is 2. The molecule has 0 aromatic heterocycles. The Labute approximate surface area is 133 Å². The Morgan fingerprint density at radius 2 is 1.73 bits per heavy atom. The first kappa shape index (κ1) is 18.6. The number of rotatable bonds is 7.